The normalized spacial score (nSPS) is 18.1. The zero-order valence-corrected chi connectivity index (χ0v) is 13.5. The molecule has 0 atom stereocenters. The van der Waals surface area contributed by atoms with Crippen LogP contribution in [0, 0.1) is 5.92 Å². The Hall–Kier alpha value is -0.860. The average molecular weight is 365 g/mol. The SMILES string of the molecule is CS(=O)(=O)N1CCC(CNC(=O)c2ccc(Br)o2)CC1. The predicted molar refractivity (Wildman–Crippen MR) is 77.9 cm³/mol. The molecular weight excluding hydrogens is 348 g/mol. The van der Waals surface area contributed by atoms with Crippen molar-refractivity contribution in [1.29, 1.82) is 0 Å². The molecule has 2 heterocycles. The van der Waals surface area contributed by atoms with Crippen LogP contribution in [0.3, 0.4) is 0 Å². The third kappa shape index (κ3) is 4.07. The summed E-state index contributed by atoms with van der Waals surface area (Å²) < 4.78 is 29.9. The van der Waals surface area contributed by atoms with E-state index < -0.39 is 10.0 Å². The Balaban J connectivity index is 1.78. The highest BCUT2D eigenvalue weighted by atomic mass is 79.9. The quantitative estimate of drug-likeness (QED) is 0.876. The maximum atomic E-state index is 11.8. The van der Waals surface area contributed by atoms with E-state index in [4.69, 9.17) is 4.42 Å². The molecule has 0 aliphatic carbocycles. The van der Waals surface area contributed by atoms with Crippen molar-refractivity contribution in [3.63, 3.8) is 0 Å². The Morgan fingerprint density at radius 1 is 1.45 bits per heavy atom. The first-order valence-corrected chi connectivity index (χ1v) is 8.99. The van der Waals surface area contributed by atoms with Crippen molar-refractivity contribution < 1.29 is 17.6 Å². The van der Waals surface area contributed by atoms with Crippen LogP contribution in [0.5, 0.6) is 0 Å². The van der Waals surface area contributed by atoms with Gasteiger partial charge in [-0.05, 0) is 46.8 Å². The van der Waals surface area contributed by atoms with E-state index in [0.717, 1.165) is 12.8 Å². The molecule has 1 aromatic heterocycles. The van der Waals surface area contributed by atoms with Crippen LogP contribution in [0.1, 0.15) is 23.4 Å². The van der Waals surface area contributed by atoms with Gasteiger partial charge >= 0.3 is 0 Å². The average Bonchev–Trinajstić information content (AvgIpc) is 2.82. The van der Waals surface area contributed by atoms with Gasteiger partial charge < -0.3 is 9.73 Å². The van der Waals surface area contributed by atoms with E-state index in [9.17, 15) is 13.2 Å². The lowest BCUT2D eigenvalue weighted by Gasteiger charge is -2.30. The molecule has 1 aromatic rings. The van der Waals surface area contributed by atoms with Gasteiger partial charge in [-0.25, -0.2) is 12.7 Å². The number of hydrogen-bond acceptors (Lipinski definition) is 4. The second-order valence-electron chi connectivity index (χ2n) is 4.92. The Kier molecular flexibility index (Phi) is 4.87. The molecule has 1 fully saturated rings. The fourth-order valence-electron chi connectivity index (χ4n) is 2.21. The number of sulfonamides is 1. The minimum atomic E-state index is -3.10. The van der Waals surface area contributed by atoms with Crippen LogP contribution >= 0.6 is 15.9 Å². The van der Waals surface area contributed by atoms with Crippen LogP contribution in [-0.4, -0.2) is 44.5 Å². The molecule has 0 unspecified atom stereocenters. The highest BCUT2D eigenvalue weighted by molar-refractivity contribution is 9.10. The molecule has 1 aliphatic rings. The van der Waals surface area contributed by atoms with Crippen LogP contribution in [0.4, 0.5) is 0 Å². The van der Waals surface area contributed by atoms with Crippen LogP contribution < -0.4 is 5.32 Å². The second-order valence-corrected chi connectivity index (χ2v) is 7.68. The molecule has 6 nitrogen and oxygen atoms in total. The molecule has 20 heavy (non-hydrogen) atoms. The molecule has 0 saturated carbocycles. The molecule has 0 radical (unpaired) electrons. The number of carbonyl (C=O) groups excluding carboxylic acids is 1. The van der Waals surface area contributed by atoms with Crippen molar-refractivity contribution in [2.45, 2.75) is 12.8 Å². The highest BCUT2D eigenvalue weighted by Crippen LogP contribution is 2.19. The van der Waals surface area contributed by atoms with Gasteiger partial charge in [0.15, 0.2) is 10.4 Å². The summed E-state index contributed by atoms with van der Waals surface area (Å²) >= 11 is 3.14. The summed E-state index contributed by atoms with van der Waals surface area (Å²) in [5, 5.41) is 2.81. The first-order valence-electron chi connectivity index (χ1n) is 6.35. The zero-order valence-electron chi connectivity index (χ0n) is 11.1. The minimum Gasteiger partial charge on any atom is -0.444 e. The van der Waals surface area contributed by atoms with Gasteiger partial charge in [0.25, 0.3) is 5.91 Å². The van der Waals surface area contributed by atoms with Crippen LogP contribution in [0.25, 0.3) is 0 Å². The van der Waals surface area contributed by atoms with Gasteiger partial charge in [0, 0.05) is 19.6 Å². The Labute approximate surface area is 126 Å². The number of amides is 1. The number of halogens is 1. The van der Waals surface area contributed by atoms with Gasteiger partial charge in [0.1, 0.15) is 0 Å². The van der Waals surface area contributed by atoms with E-state index in [-0.39, 0.29) is 11.7 Å². The molecule has 1 N–H and O–H groups in total. The summed E-state index contributed by atoms with van der Waals surface area (Å²) in [7, 11) is -3.10. The summed E-state index contributed by atoms with van der Waals surface area (Å²) in [5.74, 6) is 0.321. The number of hydrogen-bond donors (Lipinski definition) is 1. The summed E-state index contributed by atoms with van der Waals surface area (Å²) in [4.78, 5) is 11.8. The van der Waals surface area contributed by atoms with Gasteiger partial charge in [0.2, 0.25) is 10.0 Å². The lowest BCUT2D eigenvalue weighted by Crippen LogP contribution is -2.41. The van der Waals surface area contributed by atoms with Crippen molar-refractivity contribution >= 4 is 31.9 Å². The molecular formula is C12H17BrN2O4S. The van der Waals surface area contributed by atoms with Crippen molar-refractivity contribution in [2.75, 3.05) is 25.9 Å². The van der Waals surface area contributed by atoms with Gasteiger partial charge in [-0.3, -0.25) is 4.79 Å². The molecule has 8 heteroatoms. The fraction of sp³-hybridized carbons (Fsp3) is 0.583. The van der Waals surface area contributed by atoms with Gasteiger partial charge in [-0.2, -0.15) is 0 Å². The van der Waals surface area contributed by atoms with Crippen molar-refractivity contribution in [3.8, 4) is 0 Å². The fourth-order valence-corrected chi connectivity index (χ4v) is 3.39. The van der Waals surface area contributed by atoms with E-state index in [1.54, 1.807) is 12.1 Å². The van der Waals surface area contributed by atoms with Crippen LogP contribution in [-0.2, 0) is 10.0 Å². The van der Waals surface area contributed by atoms with Crippen molar-refractivity contribution in [1.82, 2.24) is 9.62 Å². The third-order valence-corrected chi connectivity index (χ3v) is 5.12. The van der Waals surface area contributed by atoms with Gasteiger partial charge in [0.05, 0.1) is 6.26 Å². The molecule has 0 aromatic carbocycles. The standard InChI is InChI=1S/C12H17BrN2O4S/c1-20(17,18)15-6-4-9(5-7-15)8-14-12(16)10-2-3-11(13)19-10/h2-3,9H,4-8H2,1H3,(H,14,16). The summed E-state index contributed by atoms with van der Waals surface area (Å²) in [5.41, 5.74) is 0. The lowest BCUT2D eigenvalue weighted by molar-refractivity contribution is 0.0912. The lowest BCUT2D eigenvalue weighted by atomic mass is 9.98. The molecule has 1 aliphatic heterocycles. The first kappa shape index (κ1) is 15.5. The zero-order chi connectivity index (χ0) is 14.8. The molecule has 1 amide bonds. The Bertz CT molecular complexity index is 576. The number of carbonyl (C=O) groups is 1. The van der Waals surface area contributed by atoms with E-state index >= 15 is 0 Å². The van der Waals surface area contributed by atoms with Crippen molar-refractivity contribution in [3.05, 3.63) is 22.6 Å². The van der Waals surface area contributed by atoms with E-state index in [2.05, 4.69) is 21.2 Å². The number of rotatable bonds is 4. The monoisotopic (exact) mass is 364 g/mol. The smallest absolute Gasteiger partial charge is 0.287 e. The van der Waals surface area contributed by atoms with Crippen LogP contribution in [0.2, 0.25) is 0 Å². The van der Waals surface area contributed by atoms with E-state index in [1.807, 2.05) is 0 Å². The maximum absolute atomic E-state index is 11.8. The van der Waals surface area contributed by atoms with Crippen LogP contribution in [0.15, 0.2) is 21.2 Å². The first-order chi connectivity index (χ1) is 9.36. The number of nitrogens with one attached hydrogen (secondary N) is 1. The maximum Gasteiger partial charge on any atom is 0.287 e. The molecule has 0 spiro atoms. The summed E-state index contributed by atoms with van der Waals surface area (Å²) in [6.07, 6.45) is 2.74. The minimum absolute atomic E-state index is 0.249. The second kappa shape index (κ2) is 6.28. The number of nitrogens with zero attached hydrogens (tertiary/aromatic N) is 1. The topological polar surface area (TPSA) is 79.6 Å². The van der Waals surface area contributed by atoms with E-state index in [1.165, 1.54) is 10.6 Å². The van der Waals surface area contributed by atoms with Gasteiger partial charge in [-0.15, -0.1) is 0 Å². The molecule has 1 saturated heterocycles. The number of piperidine rings is 1. The van der Waals surface area contributed by atoms with E-state index in [0.29, 0.717) is 30.2 Å². The third-order valence-electron chi connectivity index (χ3n) is 3.39. The largest absolute Gasteiger partial charge is 0.444 e. The molecule has 112 valence electrons. The highest BCUT2D eigenvalue weighted by Gasteiger charge is 2.25. The van der Waals surface area contributed by atoms with Crippen molar-refractivity contribution in [2.24, 2.45) is 5.92 Å². The van der Waals surface area contributed by atoms with Gasteiger partial charge in [-0.1, -0.05) is 0 Å². The molecule has 0 bridgehead atoms. The predicted octanol–water partition coefficient (Wildman–Crippen LogP) is 1.44. The molecule has 2 rings (SSSR count). The summed E-state index contributed by atoms with van der Waals surface area (Å²) in [6.45, 7) is 1.58. The Morgan fingerprint density at radius 2 is 2.10 bits per heavy atom. The number of furan rings is 1. The Morgan fingerprint density at radius 3 is 2.60 bits per heavy atom. The summed E-state index contributed by atoms with van der Waals surface area (Å²) in [6, 6.07) is 3.27.